The van der Waals surface area contributed by atoms with Crippen LogP contribution in [0.5, 0.6) is 5.75 Å². The fraction of sp³-hybridized carbons (Fsp3) is 0.267. The number of aromatic nitrogens is 2. The van der Waals surface area contributed by atoms with E-state index in [2.05, 4.69) is 33.3 Å². The molecule has 0 aliphatic rings. The number of aryl methyl sites for hydroxylation is 2. The van der Waals surface area contributed by atoms with Crippen LogP contribution in [0.3, 0.4) is 0 Å². The third kappa shape index (κ3) is 6.92. The Morgan fingerprint density at radius 1 is 1.15 bits per heavy atom. The van der Waals surface area contributed by atoms with Crippen molar-refractivity contribution < 1.29 is 9.53 Å². The Labute approximate surface area is 236 Å². The minimum atomic E-state index is -0.273. The molecule has 0 spiro atoms. The predicted molar refractivity (Wildman–Crippen MR) is 161 cm³/mol. The molecule has 0 unspecified atom stereocenters. The fourth-order valence-electron chi connectivity index (χ4n) is 4.01. The second-order valence-electron chi connectivity index (χ2n) is 9.42. The van der Waals surface area contributed by atoms with Gasteiger partial charge >= 0.3 is 0 Å². The van der Waals surface area contributed by atoms with Gasteiger partial charge in [0, 0.05) is 48.0 Å². The molecule has 8 nitrogen and oxygen atoms in total. The van der Waals surface area contributed by atoms with E-state index in [1.807, 2.05) is 80.5 Å². The Morgan fingerprint density at radius 2 is 1.95 bits per heavy atom. The summed E-state index contributed by atoms with van der Waals surface area (Å²) in [6.07, 6.45) is 4.05. The smallest absolute Gasteiger partial charge is 0.282 e. The number of rotatable bonds is 10. The zero-order valence-electron chi connectivity index (χ0n) is 22.6. The minimum Gasteiger partial charge on any atom is -0.483 e. The normalized spacial score (nSPS) is 11.2. The molecule has 202 valence electrons. The highest BCUT2D eigenvalue weighted by atomic mass is 79.9. The van der Waals surface area contributed by atoms with Gasteiger partial charge < -0.3 is 15.0 Å². The first-order valence-corrected chi connectivity index (χ1v) is 13.6. The number of anilines is 2. The summed E-state index contributed by atoms with van der Waals surface area (Å²) in [6.45, 7) is 3.84. The van der Waals surface area contributed by atoms with E-state index in [1.165, 1.54) is 4.68 Å². The Balaban J connectivity index is 1.66. The van der Waals surface area contributed by atoms with E-state index in [4.69, 9.17) is 9.72 Å². The average Bonchev–Trinajstić information content (AvgIpc) is 2.92. The van der Waals surface area contributed by atoms with Crippen molar-refractivity contribution in [3.63, 3.8) is 0 Å². The lowest BCUT2D eigenvalue weighted by atomic mass is 10.2. The molecular weight excluding hydrogens is 558 g/mol. The number of carbonyl (C=O) groups excluding carboxylic acids is 1. The summed E-state index contributed by atoms with van der Waals surface area (Å²) >= 11 is 3.44. The first-order chi connectivity index (χ1) is 18.8. The van der Waals surface area contributed by atoms with Crippen molar-refractivity contribution in [3.8, 4) is 5.75 Å². The molecule has 3 aromatic carbocycles. The number of hydrogen-bond acceptors (Lipinski definition) is 6. The monoisotopic (exact) mass is 589 g/mol. The highest BCUT2D eigenvalue weighted by Crippen LogP contribution is 2.24. The van der Waals surface area contributed by atoms with Crippen LogP contribution < -0.4 is 20.5 Å². The number of nitrogens with one attached hydrogen (secondary N) is 1. The lowest BCUT2D eigenvalue weighted by Gasteiger charge is -2.16. The summed E-state index contributed by atoms with van der Waals surface area (Å²) < 4.78 is 8.12. The third-order valence-electron chi connectivity index (χ3n) is 6.23. The maximum absolute atomic E-state index is 13.4. The van der Waals surface area contributed by atoms with Crippen molar-refractivity contribution in [2.75, 3.05) is 30.9 Å². The van der Waals surface area contributed by atoms with Crippen molar-refractivity contribution >= 4 is 50.3 Å². The predicted octanol–water partition coefficient (Wildman–Crippen LogP) is 5.78. The Kier molecular flexibility index (Phi) is 9.14. The fourth-order valence-corrected chi connectivity index (χ4v) is 4.37. The SMILES string of the molecule is CCCCc1nc2ccc(Br)cc2c(=O)n1N=Cc1ccc(N(C)C)cc1OCC(=O)Nc1ccccc1C. The summed E-state index contributed by atoms with van der Waals surface area (Å²) in [5, 5.41) is 7.92. The van der Waals surface area contributed by atoms with E-state index in [-0.39, 0.29) is 18.1 Å². The van der Waals surface area contributed by atoms with Crippen LogP contribution in [0.4, 0.5) is 11.4 Å². The first-order valence-electron chi connectivity index (χ1n) is 12.8. The molecule has 0 saturated heterocycles. The molecule has 4 rings (SSSR count). The highest BCUT2D eigenvalue weighted by Gasteiger charge is 2.13. The Hall–Kier alpha value is -3.98. The summed E-state index contributed by atoms with van der Waals surface area (Å²) in [5.41, 5.74) is 3.64. The molecule has 9 heteroatoms. The molecule has 0 saturated carbocycles. The van der Waals surface area contributed by atoms with E-state index < -0.39 is 0 Å². The van der Waals surface area contributed by atoms with Crippen LogP contribution in [0.2, 0.25) is 0 Å². The molecule has 0 radical (unpaired) electrons. The average molecular weight is 591 g/mol. The molecule has 4 aromatic rings. The van der Waals surface area contributed by atoms with Crippen molar-refractivity contribution in [1.29, 1.82) is 0 Å². The largest absolute Gasteiger partial charge is 0.483 e. The molecule has 1 N–H and O–H groups in total. The number of unbranched alkanes of at least 4 members (excludes halogenated alkanes) is 1. The number of para-hydroxylation sites is 1. The molecular formula is C30H32BrN5O3. The standard InChI is InChI=1S/C30H32BrN5O3/c1-5-6-11-28-33-26-15-13-22(31)16-24(26)30(38)36(28)32-18-21-12-14-23(35(3)4)17-27(21)39-19-29(37)34-25-10-8-7-9-20(25)2/h7-10,12-18H,5-6,11,19H2,1-4H3,(H,34,37). The van der Waals surface area contributed by atoms with Gasteiger partial charge in [-0.3, -0.25) is 9.59 Å². The number of hydrogen-bond donors (Lipinski definition) is 1. The van der Waals surface area contributed by atoms with Crippen LogP contribution in [-0.4, -0.2) is 42.5 Å². The van der Waals surface area contributed by atoms with Gasteiger partial charge in [0.15, 0.2) is 6.61 Å². The maximum atomic E-state index is 13.4. The molecule has 0 aliphatic carbocycles. The summed E-state index contributed by atoms with van der Waals surface area (Å²) in [4.78, 5) is 32.8. The van der Waals surface area contributed by atoms with Crippen molar-refractivity contribution in [2.45, 2.75) is 33.1 Å². The molecule has 1 aromatic heterocycles. The van der Waals surface area contributed by atoms with Crippen LogP contribution >= 0.6 is 15.9 Å². The van der Waals surface area contributed by atoms with Gasteiger partial charge in [-0.1, -0.05) is 47.5 Å². The van der Waals surface area contributed by atoms with Crippen LogP contribution in [0, 0.1) is 6.92 Å². The minimum absolute atomic E-state index is 0.181. The number of benzene rings is 3. The van der Waals surface area contributed by atoms with E-state index >= 15 is 0 Å². The van der Waals surface area contributed by atoms with Gasteiger partial charge in [0.25, 0.3) is 11.5 Å². The molecule has 0 bridgehead atoms. The third-order valence-corrected chi connectivity index (χ3v) is 6.73. The van der Waals surface area contributed by atoms with Gasteiger partial charge in [0.2, 0.25) is 0 Å². The number of carbonyl (C=O) groups is 1. The van der Waals surface area contributed by atoms with Gasteiger partial charge in [-0.15, -0.1) is 0 Å². The van der Waals surface area contributed by atoms with Crippen molar-refractivity contribution in [1.82, 2.24) is 9.66 Å². The van der Waals surface area contributed by atoms with E-state index in [0.717, 1.165) is 34.3 Å². The lowest BCUT2D eigenvalue weighted by molar-refractivity contribution is -0.118. The van der Waals surface area contributed by atoms with Crippen molar-refractivity contribution in [3.05, 3.63) is 92.4 Å². The van der Waals surface area contributed by atoms with E-state index in [1.54, 1.807) is 12.3 Å². The Morgan fingerprint density at radius 3 is 2.69 bits per heavy atom. The van der Waals surface area contributed by atoms with Crippen LogP contribution in [0.15, 0.2) is 75.0 Å². The van der Waals surface area contributed by atoms with Gasteiger partial charge in [0.05, 0.1) is 17.1 Å². The van der Waals surface area contributed by atoms with Crippen LogP contribution in [-0.2, 0) is 11.2 Å². The van der Waals surface area contributed by atoms with Crippen LogP contribution in [0.1, 0.15) is 36.7 Å². The molecule has 0 aliphatic heterocycles. The number of halogens is 1. The number of ether oxygens (including phenoxy) is 1. The van der Waals surface area contributed by atoms with Gasteiger partial charge in [0.1, 0.15) is 11.6 Å². The van der Waals surface area contributed by atoms with Crippen LogP contribution in [0.25, 0.3) is 10.9 Å². The zero-order valence-corrected chi connectivity index (χ0v) is 24.2. The summed E-state index contributed by atoms with van der Waals surface area (Å²) in [7, 11) is 3.85. The topological polar surface area (TPSA) is 88.8 Å². The van der Waals surface area contributed by atoms with Crippen molar-refractivity contribution in [2.24, 2.45) is 5.10 Å². The summed E-state index contributed by atoms with van der Waals surface area (Å²) in [6, 6.07) is 18.7. The molecule has 0 atom stereocenters. The highest BCUT2D eigenvalue weighted by molar-refractivity contribution is 9.10. The van der Waals surface area contributed by atoms with Gasteiger partial charge in [-0.25, -0.2) is 4.98 Å². The number of fused-ring (bicyclic) bond motifs is 1. The first kappa shape index (κ1) is 28.0. The quantitative estimate of drug-likeness (QED) is 0.237. The zero-order chi connectivity index (χ0) is 27.9. The summed E-state index contributed by atoms with van der Waals surface area (Å²) in [5.74, 6) is 0.798. The molecule has 1 heterocycles. The lowest BCUT2D eigenvalue weighted by Crippen LogP contribution is -2.23. The van der Waals surface area contributed by atoms with Gasteiger partial charge in [-0.05, 0) is 55.3 Å². The molecule has 1 amide bonds. The number of nitrogens with zero attached hydrogens (tertiary/aromatic N) is 4. The second kappa shape index (κ2) is 12.7. The maximum Gasteiger partial charge on any atom is 0.282 e. The second-order valence-corrected chi connectivity index (χ2v) is 10.3. The Bertz CT molecular complexity index is 1580. The number of amides is 1. The molecule has 0 fully saturated rings. The van der Waals surface area contributed by atoms with E-state index in [0.29, 0.717) is 34.5 Å². The van der Waals surface area contributed by atoms with E-state index in [9.17, 15) is 9.59 Å². The van der Waals surface area contributed by atoms with Gasteiger partial charge in [-0.2, -0.15) is 9.78 Å². The molecule has 39 heavy (non-hydrogen) atoms.